The maximum absolute atomic E-state index is 13.7. The molecule has 0 spiro atoms. The standard InChI is InChI=1S/C15H21FN2O/c1-10-3-2-4-13(16)14(10)18-15(19)12-7-5-11(9-17)6-8-12/h2-4,11-12H,5-9,17H2,1H3,(H,18,19). The van der Waals surface area contributed by atoms with E-state index < -0.39 is 0 Å². The molecule has 0 radical (unpaired) electrons. The van der Waals surface area contributed by atoms with Crippen molar-refractivity contribution in [3.8, 4) is 0 Å². The van der Waals surface area contributed by atoms with Crippen LogP contribution in [0.15, 0.2) is 18.2 Å². The minimum Gasteiger partial charge on any atom is -0.330 e. The van der Waals surface area contributed by atoms with Gasteiger partial charge in [-0.25, -0.2) is 4.39 Å². The molecule has 1 aromatic rings. The lowest BCUT2D eigenvalue weighted by molar-refractivity contribution is -0.121. The summed E-state index contributed by atoms with van der Waals surface area (Å²) in [6.45, 7) is 2.49. The topological polar surface area (TPSA) is 55.1 Å². The summed E-state index contributed by atoms with van der Waals surface area (Å²) in [6.07, 6.45) is 3.68. The van der Waals surface area contributed by atoms with Gasteiger partial charge in [-0.3, -0.25) is 4.79 Å². The molecule has 0 heterocycles. The molecule has 0 aromatic heterocycles. The molecule has 1 fully saturated rings. The molecule has 1 aliphatic rings. The predicted molar refractivity (Wildman–Crippen MR) is 74.3 cm³/mol. The minimum atomic E-state index is -0.371. The van der Waals surface area contributed by atoms with E-state index in [1.807, 2.05) is 0 Å². The van der Waals surface area contributed by atoms with E-state index in [1.165, 1.54) is 6.07 Å². The van der Waals surface area contributed by atoms with Gasteiger partial charge in [0.2, 0.25) is 5.91 Å². The van der Waals surface area contributed by atoms with Crippen LogP contribution in [0.1, 0.15) is 31.2 Å². The molecule has 0 atom stereocenters. The molecule has 0 saturated heterocycles. The van der Waals surface area contributed by atoms with Gasteiger partial charge in [0.25, 0.3) is 0 Å². The van der Waals surface area contributed by atoms with Crippen molar-refractivity contribution in [2.45, 2.75) is 32.6 Å². The second-order valence-corrected chi connectivity index (χ2v) is 5.37. The number of amides is 1. The summed E-state index contributed by atoms with van der Waals surface area (Å²) in [6, 6.07) is 4.81. The fraction of sp³-hybridized carbons (Fsp3) is 0.533. The fourth-order valence-electron chi connectivity index (χ4n) is 2.68. The molecule has 1 amide bonds. The van der Waals surface area contributed by atoms with E-state index in [4.69, 9.17) is 5.73 Å². The highest BCUT2D eigenvalue weighted by Crippen LogP contribution is 2.29. The molecular formula is C15H21FN2O. The van der Waals surface area contributed by atoms with Crippen LogP contribution in [-0.2, 0) is 4.79 Å². The maximum atomic E-state index is 13.7. The highest BCUT2D eigenvalue weighted by atomic mass is 19.1. The predicted octanol–water partition coefficient (Wildman–Crippen LogP) is 2.84. The minimum absolute atomic E-state index is 0.0122. The summed E-state index contributed by atoms with van der Waals surface area (Å²) >= 11 is 0. The Morgan fingerprint density at radius 3 is 2.63 bits per heavy atom. The summed E-state index contributed by atoms with van der Waals surface area (Å²) in [5.41, 5.74) is 6.71. The number of anilines is 1. The number of halogens is 1. The molecular weight excluding hydrogens is 243 g/mol. The van der Waals surface area contributed by atoms with Crippen LogP contribution in [0.2, 0.25) is 0 Å². The number of hydrogen-bond acceptors (Lipinski definition) is 2. The Kier molecular flexibility index (Phi) is 4.53. The van der Waals surface area contributed by atoms with Gasteiger partial charge >= 0.3 is 0 Å². The van der Waals surface area contributed by atoms with Crippen molar-refractivity contribution in [2.75, 3.05) is 11.9 Å². The average molecular weight is 264 g/mol. The molecule has 3 N–H and O–H groups in total. The van der Waals surface area contributed by atoms with E-state index in [9.17, 15) is 9.18 Å². The Morgan fingerprint density at radius 2 is 2.05 bits per heavy atom. The van der Waals surface area contributed by atoms with Gasteiger partial charge in [-0.15, -0.1) is 0 Å². The van der Waals surface area contributed by atoms with Crippen molar-refractivity contribution in [1.29, 1.82) is 0 Å². The van der Waals surface area contributed by atoms with Crippen molar-refractivity contribution in [1.82, 2.24) is 0 Å². The molecule has 1 saturated carbocycles. The van der Waals surface area contributed by atoms with Gasteiger partial charge < -0.3 is 11.1 Å². The smallest absolute Gasteiger partial charge is 0.227 e. The van der Waals surface area contributed by atoms with Gasteiger partial charge in [0, 0.05) is 5.92 Å². The molecule has 4 heteroatoms. The zero-order valence-electron chi connectivity index (χ0n) is 11.3. The van der Waals surface area contributed by atoms with E-state index >= 15 is 0 Å². The molecule has 1 aliphatic carbocycles. The normalized spacial score (nSPS) is 23.1. The summed E-state index contributed by atoms with van der Waals surface area (Å²) in [7, 11) is 0. The largest absolute Gasteiger partial charge is 0.330 e. The summed E-state index contributed by atoms with van der Waals surface area (Å²) in [5.74, 6) is 0.0914. The van der Waals surface area contributed by atoms with E-state index in [0.717, 1.165) is 31.2 Å². The molecule has 19 heavy (non-hydrogen) atoms. The third-order valence-electron chi connectivity index (χ3n) is 4.02. The third kappa shape index (κ3) is 3.32. The Balaban J connectivity index is 1.98. The Morgan fingerprint density at radius 1 is 1.37 bits per heavy atom. The van der Waals surface area contributed by atoms with Crippen LogP contribution in [0.5, 0.6) is 0 Å². The van der Waals surface area contributed by atoms with Crippen LogP contribution in [0, 0.1) is 24.6 Å². The first-order valence-electron chi connectivity index (χ1n) is 6.88. The van der Waals surface area contributed by atoms with E-state index in [2.05, 4.69) is 5.32 Å². The zero-order valence-corrected chi connectivity index (χ0v) is 11.3. The van der Waals surface area contributed by atoms with E-state index in [1.54, 1.807) is 19.1 Å². The molecule has 1 aromatic carbocycles. The third-order valence-corrected chi connectivity index (χ3v) is 4.02. The highest BCUT2D eigenvalue weighted by molar-refractivity contribution is 5.93. The number of rotatable bonds is 3. The van der Waals surface area contributed by atoms with Gasteiger partial charge in [0.1, 0.15) is 5.82 Å². The number of aryl methyl sites for hydroxylation is 1. The lowest BCUT2D eigenvalue weighted by atomic mass is 9.81. The molecule has 0 aliphatic heterocycles. The number of carbonyl (C=O) groups is 1. The van der Waals surface area contributed by atoms with Crippen molar-refractivity contribution < 1.29 is 9.18 Å². The highest BCUT2D eigenvalue weighted by Gasteiger charge is 2.26. The summed E-state index contributed by atoms with van der Waals surface area (Å²) in [4.78, 5) is 12.2. The number of carbonyl (C=O) groups excluding carboxylic acids is 1. The lowest BCUT2D eigenvalue weighted by Crippen LogP contribution is -2.29. The van der Waals surface area contributed by atoms with Crippen LogP contribution < -0.4 is 11.1 Å². The number of nitrogens with two attached hydrogens (primary N) is 1. The number of para-hydroxylation sites is 1. The number of benzene rings is 1. The first kappa shape index (κ1) is 14.0. The zero-order chi connectivity index (χ0) is 13.8. The Hall–Kier alpha value is -1.42. The van der Waals surface area contributed by atoms with Crippen molar-refractivity contribution in [2.24, 2.45) is 17.6 Å². The van der Waals surface area contributed by atoms with Crippen LogP contribution in [0.3, 0.4) is 0 Å². The molecule has 0 unspecified atom stereocenters. The lowest BCUT2D eigenvalue weighted by Gasteiger charge is -2.27. The molecule has 3 nitrogen and oxygen atoms in total. The quantitative estimate of drug-likeness (QED) is 0.882. The summed E-state index contributed by atoms with van der Waals surface area (Å²) < 4.78 is 13.7. The van der Waals surface area contributed by atoms with Crippen LogP contribution >= 0.6 is 0 Å². The maximum Gasteiger partial charge on any atom is 0.227 e. The van der Waals surface area contributed by atoms with Gasteiger partial charge in [0.15, 0.2) is 0 Å². The second kappa shape index (κ2) is 6.15. The number of hydrogen-bond donors (Lipinski definition) is 2. The Labute approximate surface area is 113 Å². The molecule has 0 bridgehead atoms. The first-order valence-corrected chi connectivity index (χ1v) is 6.88. The first-order chi connectivity index (χ1) is 9.11. The fourth-order valence-corrected chi connectivity index (χ4v) is 2.68. The monoisotopic (exact) mass is 264 g/mol. The van der Waals surface area contributed by atoms with Crippen LogP contribution in [0.25, 0.3) is 0 Å². The molecule has 104 valence electrons. The van der Waals surface area contributed by atoms with E-state index in [-0.39, 0.29) is 17.6 Å². The van der Waals surface area contributed by atoms with Crippen LogP contribution in [0.4, 0.5) is 10.1 Å². The summed E-state index contributed by atoms with van der Waals surface area (Å²) in [5, 5.41) is 2.74. The SMILES string of the molecule is Cc1cccc(F)c1NC(=O)C1CCC(CN)CC1. The second-order valence-electron chi connectivity index (χ2n) is 5.37. The van der Waals surface area contributed by atoms with Crippen molar-refractivity contribution in [3.05, 3.63) is 29.6 Å². The van der Waals surface area contributed by atoms with Gasteiger partial charge in [0.05, 0.1) is 5.69 Å². The Bertz CT molecular complexity index is 433. The van der Waals surface area contributed by atoms with Gasteiger partial charge in [-0.05, 0) is 56.7 Å². The number of nitrogens with one attached hydrogen (secondary N) is 1. The van der Waals surface area contributed by atoms with Crippen LogP contribution in [-0.4, -0.2) is 12.5 Å². The average Bonchev–Trinajstić information content (AvgIpc) is 2.43. The molecule has 2 rings (SSSR count). The van der Waals surface area contributed by atoms with Gasteiger partial charge in [-0.2, -0.15) is 0 Å². The van der Waals surface area contributed by atoms with Crippen molar-refractivity contribution >= 4 is 11.6 Å². The van der Waals surface area contributed by atoms with Crippen molar-refractivity contribution in [3.63, 3.8) is 0 Å². The van der Waals surface area contributed by atoms with Gasteiger partial charge in [-0.1, -0.05) is 12.1 Å². The van der Waals surface area contributed by atoms with E-state index in [0.29, 0.717) is 18.2 Å².